The van der Waals surface area contributed by atoms with Crippen LogP contribution in [0.25, 0.3) is 37.6 Å². The number of anilines is 2. The smallest absolute Gasteiger partial charge is 0.296 e. The second-order valence-corrected chi connectivity index (χ2v) is 22.7. The van der Waals surface area contributed by atoms with Gasteiger partial charge in [0.2, 0.25) is 11.6 Å². The van der Waals surface area contributed by atoms with Crippen molar-refractivity contribution in [1.82, 2.24) is 4.98 Å². The molecule has 0 bridgehead atoms. The summed E-state index contributed by atoms with van der Waals surface area (Å²) in [4.78, 5) is 28.9. The van der Waals surface area contributed by atoms with Gasteiger partial charge in [-0.25, -0.2) is 4.98 Å². The van der Waals surface area contributed by atoms with Gasteiger partial charge >= 0.3 is 0 Å². The summed E-state index contributed by atoms with van der Waals surface area (Å²) in [6.45, 7) is 1.99. The largest absolute Gasteiger partial charge is 0.505 e. The Bertz CT molecular complexity index is 4340. The van der Waals surface area contributed by atoms with Gasteiger partial charge in [-0.2, -0.15) is 49.0 Å². The summed E-state index contributed by atoms with van der Waals surface area (Å²) in [6.07, 6.45) is 2.43. The summed E-state index contributed by atoms with van der Waals surface area (Å²) in [7, 11) is -19.9. The maximum atomic E-state index is 14.4. The van der Waals surface area contributed by atoms with Gasteiger partial charge in [0.1, 0.15) is 27.1 Å². The highest BCUT2D eigenvalue weighted by atomic mass is 32.2. The van der Waals surface area contributed by atoms with Crippen LogP contribution in [-0.4, -0.2) is 85.0 Å². The van der Waals surface area contributed by atoms with E-state index in [1.54, 1.807) is 24.3 Å². The van der Waals surface area contributed by atoms with Gasteiger partial charge in [0.25, 0.3) is 40.5 Å². The Labute approximate surface area is 427 Å². The third kappa shape index (κ3) is 11.1. The Morgan fingerprint density at radius 3 is 1.95 bits per heavy atom. The minimum atomic E-state index is -5.40. The lowest BCUT2D eigenvalue weighted by Gasteiger charge is -2.18. The fraction of sp³-hybridized carbons (Fsp3) is 0.0217. The van der Waals surface area contributed by atoms with Crippen LogP contribution in [0, 0.1) is 6.92 Å². The number of thiazole rings is 1. The summed E-state index contributed by atoms with van der Waals surface area (Å²) in [5.74, 6) is -2.83. The van der Waals surface area contributed by atoms with E-state index in [-0.39, 0.29) is 33.5 Å². The summed E-state index contributed by atoms with van der Waals surface area (Å²) >= 11 is 1.52. The van der Waals surface area contributed by atoms with Crippen molar-refractivity contribution >= 4 is 130 Å². The van der Waals surface area contributed by atoms with Gasteiger partial charge in [-0.1, -0.05) is 12.1 Å². The fourth-order valence-corrected chi connectivity index (χ4v) is 10.6. The zero-order chi connectivity index (χ0) is 53.8. The molecule has 0 amide bonds. The number of ketones is 2. The average Bonchev–Trinajstić information content (AvgIpc) is 3.78. The van der Waals surface area contributed by atoms with Gasteiger partial charge in [-0.3, -0.25) is 38.7 Å². The van der Waals surface area contributed by atoms with Crippen LogP contribution in [0.4, 0.5) is 28.4 Å². The monoisotopic (exact) mass is 1110 g/mol. The molecule has 380 valence electrons. The number of rotatable bonds is 13. The highest BCUT2D eigenvalue weighted by Crippen LogP contribution is 2.38. The maximum absolute atomic E-state index is 14.4. The molecule has 0 fully saturated rings. The van der Waals surface area contributed by atoms with Crippen molar-refractivity contribution in [3.05, 3.63) is 154 Å². The van der Waals surface area contributed by atoms with E-state index in [0.29, 0.717) is 23.9 Å². The molecule has 2 aliphatic carbocycles. The van der Waals surface area contributed by atoms with E-state index in [1.165, 1.54) is 41.7 Å². The Morgan fingerprint density at radius 1 is 0.587 bits per heavy atom. The Hall–Kier alpha value is -8.39. The lowest BCUT2D eigenvalue weighted by Crippen LogP contribution is -2.27. The van der Waals surface area contributed by atoms with Crippen molar-refractivity contribution in [2.24, 2.45) is 30.7 Å². The Kier molecular flexibility index (Phi) is 13.4. The van der Waals surface area contributed by atoms with Crippen molar-refractivity contribution in [2.75, 3.05) is 10.9 Å². The molecule has 0 unspecified atom stereocenters. The van der Waals surface area contributed by atoms with Crippen LogP contribution in [0.2, 0.25) is 0 Å². The molecule has 7 aromatic rings. The number of nitrogens with zero attached hydrogens (tertiary/aromatic N) is 7. The van der Waals surface area contributed by atoms with Gasteiger partial charge < -0.3 is 5.11 Å². The highest BCUT2D eigenvalue weighted by molar-refractivity contribution is 7.91. The lowest BCUT2D eigenvalue weighted by atomic mass is 9.93. The molecule has 1 aromatic heterocycles. The number of fused-ring (bicyclic) bond motifs is 3. The molecule has 0 aliphatic heterocycles. The topological polar surface area (TPSA) is 383 Å². The predicted octanol–water partition coefficient (Wildman–Crippen LogP) is 8.93. The van der Waals surface area contributed by atoms with E-state index in [4.69, 9.17) is 0 Å². The Morgan fingerprint density at radius 2 is 1.27 bits per heavy atom. The number of Topliss-reactive ketones (excluding diaryl/α,β-unsaturated/α-hetero) is 1. The first kappa shape index (κ1) is 51.5. The second kappa shape index (κ2) is 19.5. The van der Waals surface area contributed by atoms with E-state index < -0.39 is 106 Å². The molecule has 0 saturated heterocycles. The molecule has 24 nitrogen and oxygen atoms in total. The summed E-state index contributed by atoms with van der Waals surface area (Å²) in [5, 5.41) is 35.6. The minimum Gasteiger partial charge on any atom is -0.505 e. The number of hydrazone groups is 2. The van der Waals surface area contributed by atoms with Gasteiger partial charge in [-0.15, -0.1) is 26.7 Å². The number of hydrogen-bond acceptors (Lipinski definition) is 21. The van der Waals surface area contributed by atoms with Crippen LogP contribution in [-0.2, 0) is 45.3 Å². The summed E-state index contributed by atoms with van der Waals surface area (Å²) in [5.41, 5.74) is 4.91. The highest BCUT2D eigenvalue weighted by Gasteiger charge is 2.36. The second-order valence-electron chi connectivity index (χ2n) is 16.1. The number of aromatic nitrogens is 1. The number of carbonyl (C=O) groups is 2. The van der Waals surface area contributed by atoms with Crippen LogP contribution in [0.3, 0.4) is 0 Å². The first-order valence-corrected chi connectivity index (χ1v) is 27.5. The van der Waals surface area contributed by atoms with Crippen LogP contribution in [0.5, 0.6) is 0 Å². The van der Waals surface area contributed by atoms with Crippen LogP contribution in [0.15, 0.2) is 183 Å². The van der Waals surface area contributed by atoms with Crippen molar-refractivity contribution in [2.45, 2.75) is 21.6 Å². The molecule has 75 heavy (non-hydrogen) atoms. The minimum absolute atomic E-state index is 0.0369. The van der Waals surface area contributed by atoms with Gasteiger partial charge in [0.05, 0.1) is 58.9 Å². The number of azo groups is 2. The SMILES string of the molecule is Cc1ccc2nc(-c3ccc(N/N=C4/C=C(N=Nc5cc(S(=O)(=O)O)cc6c5C(=O)/C(=N/Nc5ccc(N=Nc7ccc(S(=O)(=O)O)cc7)c7cc(S(=O)(=O)O)ccc57)C(S(=O)(=O)O)=C6)C(O)=CC4=O)cc3)sc2c1. The number of aliphatic hydroxyl groups is 1. The molecule has 7 N–H and O–H groups in total. The molecular weight excluding hydrogens is 1080 g/mol. The third-order valence-corrected chi connectivity index (χ3v) is 15.4. The molecule has 2 aliphatic rings. The first-order valence-electron chi connectivity index (χ1n) is 21.0. The molecule has 0 spiro atoms. The molecule has 0 saturated carbocycles. The first-order chi connectivity index (χ1) is 35.3. The molecule has 9 rings (SSSR count). The van der Waals surface area contributed by atoms with Crippen molar-refractivity contribution in [3.63, 3.8) is 0 Å². The van der Waals surface area contributed by atoms with E-state index in [1.807, 2.05) is 25.1 Å². The number of carbonyl (C=O) groups excluding carboxylic acids is 2. The number of allylic oxidation sites excluding steroid dienone is 3. The van der Waals surface area contributed by atoms with E-state index in [0.717, 1.165) is 62.8 Å². The van der Waals surface area contributed by atoms with Crippen LogP contribution < -0.4 is 10.9 Å². The number of nitrogens with one attached hydrogen (secondary N) is 2. The molecule has 1 heterocycles. The number of aryl methyl sites for hydroxylation is 1. The summed E-state index contributed by atoms with van der Waals surface area (Å²) in [6, 6.07) is 24.5. The zero-order valence-electron chi connectivity index (χ0n) is 37.6. The van der Waals surface area contributed by atoms with E-state index in [9.17, 15) is 66.6 Å². The number of aliphatic hydroxyl groups excluding tert-OH is 1. The predicted molar refractivity (Wildman–Crippen MR) is 275 cm³/mol. The van der Waals surface area contributed by atoms with Gasteiger partial charge in [-0.05, 0) is 121 Å². The standard InChI is InChI=1S/C46H31N9O15S5/c1-23-2-13-35-41(16-23)71-46(47-35)24-3-5-26(6-4-24)49-52-36-21-37(40(57)22-39(36)56)53-54-38-20-30(74(65,66)67)17-25-18-42(75(68,69)70)44(45(58)43(25)38)55-51-33-14-15-34(32-19-29(73(62,63)64)11-12-31(32)33)50-48-27-7-9-28(10-8-27)72(59,60)61/h2-22,49,51,57H,1H3,(H,59,60,61)(H,62,63,64)(H,65,66,67)(H,68,69,70)/b50-48?,52-36-,54-53?,55-44+. The van der Waals surface area contributed by atoms with E-state index in [2.05, 4.69) is 46.5 Å². The van der Waals surface area contributed by atoms with Crippen molar-refractivity contribution in [1.29, 1.82) is 0 Å². The number of hydrogen-bond donors (Lipinski definition) is 7. The molecular formula is C46H31N9O15S5. The molecule has 6 aromatic carbocycles. The summed E-state index contributed by atoms with van der Waals surface area (Å²) < 4.78 is 138. The quantitative estimate of drug-likeness (QED) is 0.0245. The lowest BCUT2D eigenvalue weighted by molar-refractivity contribution is -0.109. The van der Waals surface area contributed by atoms with E-state index >= 15 is 0 Å². The zero-order valence-corrected chi connectivity index (χ0v) is 41.7. The molecule has 29 heteroatoms. The van der Waals surface area contributed by atoms with Crippen LogP contribution >= 0.6 is 11.3 Å². The fourth-order valence-electron chi connectivity index (χ4n) is 7.31. The molecule has 0 atom stereocenters. The van der Waals surface area contributed by atoms with Gasteiger partial charge in [0.15, 0.2) is 5.71 Å². The third-order valence-electron chi connectivity index (χ3n) is 10.9. The average molecular weight is 1110 g/mol. The van der Waals surface area contributed by atoms with Gasteiger partial charge in [0, 0.05) is 28.5 Å². The van der Waals surface area contributed by atoms with Crippen LogP contribution in [0.1, 0.15) is 21.5 Å². The molecule has 0 radical (unpaired) electrons. The Balaban J connectivity index is 1.05. The normalized spacial score (nSPS) is 15.7. The van der Waals surface area contributed by atoms with Crippen molar-refractivity contribution in [3.8, 4) is 10.6 Å². The number of benzene rings is 6. The maximum Gasteiger partial charge on any atom is 0.296 e. The van der Waals surface area contributed by atoms with Crippen molar-refractivity contribution < 1.29 is 66.6 Å².